The van der Waals surface area contributed by atoms with Gasteiger partial charge in [0.05, 0.1) is 13.2 Å². The van der Waals surface area contributed by atoms with Crippen molar-refractivity contribution < 1.29 is 4.74 Å². The molecule has 3 nitrogen and oxygen atoms in total. The Morgan fingerprint density at radius 2 is 1.68 bits per heavy atom. The third-order valence-electron chi connectivity index (χ3n) is 3.69. The van der Waals surface area contributed by atoms with E-state index in [4.69, 9.17) is 10.1 Å². The molecule has 114 valence electrons. The summed E-state index contributed by atoms with van der Waals surface area (Å²) in [6, 6.07) is 18.8. The predicted octanol–water partition coefficient (Wildman–Crippen LogP) is 3.69. The van der Waals surface area contributed by atoms with Gasteiger partial charge in [0.2, 0.25) is 0 Å². The summed E-state index contributed by atoms with van der Waals surface area (Å²) in [5, 5.41) is 8.36. The lowest BCUT2D eigenvalue weighted by atomic mass is 10.1. The molecule has 0 bridgehead atoms. The maximum Gasteiger partial charge on any atom is 0.100 e. The number of amidine groups is 1. The highest BCUT2D eigenvalue weighted by Crippen LogP contribution is 2.30. The monoisotopic (exact) mass is 312 g/mol. The molecule has 1 heterocycles. The van der Waals surface area contributed by atoms with Crippen LogP contribution in [0.5, 0.6) is 0 Å². The van der Waals surface area contributed by atoms with E-state index in [9.17, 15) is 0 Å². The second-order valence-electron chi connectivity index (χ2n) is 5.25. The Hall–Kier alpha value is -1.78. The summed E-state index contributed by atoms with van der Waals surface area (Å²) < 4.78 is 5.36. The van der Waals surface area contributed by atoms with Gasteiger partial charge in [-0.05, 0) is 23.8 Å². The van der Waals surface area contributed by atoms with Crippen molar-refractivity contribution in [1.82, 2.24) is 4.90 Å². The van der Waals surface area contributed by atoms with Crippen LogP contribution in [-0.2, 0) is 11.2 Å². The van der Waals surface area contributed by atoms with E-state index in [2.05, 4.69) is 53.4 Å². The van der Waals surface area contributed by atoms with Crippen LogP contribution in [0, 0.1) is 5.41 Å². The van der Waals surface area contributed by atoms with Crippen LogP contribution in [-0.4, -0.2) is 37.0 Å². The van der Waals surface area contributed by atoms with Gasteiger partial charge in [-0.1, -0.05) is 48.2 Å². The van der Waals surface area contributed by atoms with E-state index in [0.29, 0.717) is 12.3 Å². The lowest BCUT2D eigenvalue weighted by Crippen LogP contribution is -2.41. The normalized spacial score (nSPS) is 14.8. The largest absolute Gasteiger partial charge is 0.378 e. The van der Waals surface area contributed by atoms with Crippen LogP contribution in [0.3, 0.4) is 0 Å². The zero-order valence-electron chi connectivity index (χ0n) is 12.5. The van der Waals surface area contributed by atoms with E-state index in [1.807, 2.05) is 6.07 Å². The van der Waals surface area contributed by atoms with Gasteiger partial charge in [-0.25, -0.2) is 0 Å². The molecule has 0 saturated carbocycles. The third kappa shape index (κ3) is 3.90. The summed E-state index contributed by atoms with van der Waals surface area (Å²) in [6.07, 6.45) is 0.677. The van der Waals surface area contributed by atoms with Gasteiger partial charge >= 0.3 is 0 Å². The van der Waals surface area contributed by atoms with Crippen LogP contribution >= 0.6 is 11.8 Å². The van der Waals surface area contributed by atoms with Crippen molar-refractivity contribution in [2.45, 2.75) is 16.2 Å². The molecular formula is C18H20N2OS. The maximum absolute atomic E-state index is 8.36. The van der Waals surface area contributed by atoms with E-state index in [-0.39, 0.29) is 0 Å². The summed E-state index contributed by atoms with van der Waals surface area (Å²) in [5.74, 6) is 0.685. The van der Waals surface area contributed by atoms with Gasteiger partial charge in [0, 0.05) is 29.3 Å². The highest BCUT2D eigenvalue weighted by molar-refractivity contribution is 7.99. The number of hydrogen-bond acceptors (Lipinski definition) is 3. The summed E-state index contributed by atoms with van der Waals surface area (Å²) in [6.45, 7) is 3.10. The minimum atomic E-state index is 0.677. The first-order valence-electron chi connectivity index (χ1n) is 7.54. The van der Waals surface area contributed by atoms with Gasteiger partial charge in [-0.3, -0.25) is 5.41 Å². The fourth-order valence-corrected chi connectivity index (χ4v) is 3.46. The van der Waals surface area contributed by atoms with Crippen LogP contribution in [0.4, 0.5) is 0 Å². The average Bonchev–Trinajstić information content (AvgIpc) is 2.58. The number of hydrogen-bond donors (Lipinski definition) is 1. The Morgan fingerprint density at radius 3 is 2.45 bits per heavy atom. The Bertz CT molecular complexity index is 624. The SMILES string of the molecule is N=C(Cc1ccccc1Sc1ccccc1)N1CCOCC1. The fourth-order valence-electron chi connectivity index (χ4n) is 2.49. The van der Waals surface area contributed by atoms with Crippen LogP contribution in [0.2, 0.25) is 0 Å². The number of morpholine rings is 1. The predicted molar refractivity (Wildman–Crippen MR) is 90.8 cm³/mol. The minimum absolute atomic E-state index is 0.677. The molecule has 0 spiro atoms. The molecule has 1 aliphatic rings. The fraction of sp³-hybridized carbons (Fsp3) is 0.278. The number of benzene rings is 2. The van der Waals surface area contributed by atoms with E-state index >= 15 is 0 Å². The molecule has 1 saturated heterocycles. The Labute approximate surface area is 135 Å². The molecular weight excluding hydrogens is 292 g/mol. The quantitative estimate of drug-likeness (QED) is 0.691. The van der Waals surface area contributed by atoms with E-state index in [1.165, 1.54) is 15.4 Å². The van der Waals surface area contributed by atoms with Crippen molar-refractivity contribution in [3.8, 4) is 0 Å². The number of nitrogens with one attached hydrogen (secondary N) is 1. The molecule has 0 radical (unpaired) electrons. The topological polar surface area (TPSA) is 36.3 Å². The van der Waals surface area contributed by atoms with Gasteiger partial charge in [0.25, 0.3) is 0 Å². The van der Waals surface area contributed by atoms with Crippen LogP contribution in [0.15, 0.2) is 64.4 Å². The summed E-state index contributed by atoms with van der Waals surface area (Å²) in [4.78, 5) is 4.58. The molecule has 0 unspecified atom stereocenters. The van der Waals surface area contributed by atoms with Crippen molar-refractivity contribution >= 4 is 17.6 Å². The second kappa shape index (κ2) is 7.47. The lowest BCUT2D eigenvalue weighted by Gasteiger charge is -2.29. The van der Waals surface area contributed by atoms with E-state index in [1.54, 1.807) is 11.8 Å². The summed E-state index contributed by atoms with van der Waals surface area (Å²) >= 11 is 1.76. The standard InChI is InChI=1S/C18H20N2OS/c19-18(20-10-12-21-13-11-20)14-15-6-4-5-9-17(15)22-16-7-2-1-3-8-16/h1-9,19H,10-14H2. The van der Waals surface area contributed by atoms with Gasteiger partial charge in [0.1, 0.15) is 5.84 Å². The van der Waals surface area contributed by atoms with Crippen LogP contribution < -0.4 is 0 Å². The highest BCUT2D eigenvalue weighted by atomic mass is 32.2. The smallest absolute Gasteiger partial charge is 0.100 e. The molecule has 0 aromatic heterocycles. The molecule has 3 rings (SSSR count). The van der Waals surface area contributed by atoms with Gasteiger partial charge in [-0.15, -0.1) is 0 Å². The molecule has 2 aromatic rings. The minimum Gasteiger partial charge on any atom is -0.378 e. The zero-order chi connectivity index (χ0) is 15.2. The molecule has 0 atom stereocenters. The first-order valence-corrected chi connectivity index (χ1v) is 8.35. The number of ether oxygens (including phenoxy) is 1. The average molecular weight is 312 g/mol. The van der Waals surface area contributed by atoms with E-state index in [0.717, 1.165) is 26.3 Å². The third-order valence-corrected chi connectivity index (χ3v) is 4.82. The summed E-state index contributed by atoms with van der Waals surface area (Å²) in [5.41, 5.74) is 1.22. The Balaban J connectivity index is 1.72. The van der Waals surface area contributed by atoms with E-state index < -0.39 is 0 Å². The Kier molecular flexibility index (Phi) is 5.14. The molecule has 2 aromatic carbocycles. The molecule has 1 fully saturated rings. The van der Waals surface area contributed by atoms with Crippen molar-refractivity contribution in [2.75, 3.05) is 26.3 Å². The first-order chi connectivity index (χ1) is 10.8. The Morgan fingerprint density at radius 1 is 1.00 bits per heavy atom. The second-order valence-corrected chi connectivity index (χ2v) is 6.36. The molecule has 0 aliphatic carbocycles. The van der Waals surface area contributed by atoms with Crippen molar-refractivity contribution in [2.24, 2.45) is 0 Å². The maximum atomic E-state index is 8.36. The van der Waals surface area contributed by atoms with Crippen molar-refractivity contribution in [1.29, 1.82) is 5.41 Å². The van der Waals surface area contributed by atoms with Crippen molar-refractivity contribution in [3.05, 3.63) is 60.2 Å². The molecule has 22 heavy (non-hydrogen) atoms. The molecule has 1 N–H and O–H groups in total. The first kappa shape index (κ1) is 15.1. The highest BCUT2D eigenvalue weighted by Gasteiger charge is 2.15. The lowest BCUT2D eigenvalue weighted by molar-refractivity contribution is 0.0670. The molecule has 0 amide bonds. The number of nitrogens with zero attached hydrogens (tertiary/aromatic N) is 1. The van der Waals surface area contributed by atoms with Gasteiger partial charge in [0.15, 0.2) is 0 Å². The van der Waals surface area contributed by atoms with Crippen molar-refractivity contribution in [3.63, 3.8) is 0 Å². The van der Waals surface area contributed by atoms with Crippen LogP contribution in [0.25, 0.3) is 0 Å². The molecule has 1 aliphatic heterocycles. The van der Waals surface area contributed by atoms with Crippen LogP contribution in [0.1, 0.15) is 5.56 Å². The van der Waals surface area contributed by atoms with Gasteiger partial charge in [-0.2, -0.15) is 0 Å². The molecule has 4 heteroatoms. The van der Waals surface area contributed by atoms with Gasteiger partial charge < -0.3 is 9.64 Å². The summed E-state index contributed by atoms with van der Waals surface area (Å²) in [7, 11) is 0. The zero-order valence-corrected chi connectivity index (χ0v) is 13.3. The number of rotatable bonds is 4.